The highest BCUT2D eigenvalue weighted by Crippen LogP contribution is 2.30. The number of ether oxygens (including phenoxy) is 1. The molecule has 0 N–H and O–H groups in total. The van der Waals surface area contributed by atoms with E-state index in [1.807, 2.05) is 24.0 Å². The number of nitrogens with zero attached hydrogens (tertiary/aromatic N) is 1. The fraction of sp³-hybridized carbons (Fsp3) is 0.556. The third-order valence-corrected chi connectivity index (χ3v) is 7.24. The molecular formula is C27H37NO3S. The first-order valence-electron chi connectivity index (χ1n) is 12.3. The predicted molar refractivity (Wildman–Crippen MR) is 133 cm³/mol. The van der Waals surface area contributed by atoms with Crippen LogP contribution < -0.4 is 4.90 Å². The molecule has 1 amide bonds. The van der Waals surface area contributed by atoms with Gasteiger partial charge < -0.3 is 9.64 Å². The van der Waals surface area contributed by atoms with E-state index in [1.165, 1.54) is 47.5 Å². The zero-order valence-electron chi connectivity index (χ0n) is 19.6. The van der Waals surface area contributed by atoms with Crippen molar-refractivity contribution in [1.82, 2.24) is 0 Å². The van der Waals surface area contributed by atoms with Gasteiger partial charge in [-0.1, -0.05) is 45.2 Å². The van der Waals surface area contributed by atoms with Gasteiger partial charge in [0.1, 0.15) is 4.88 Å². The number of carbonyl (C=O) groups excluding carboxylic acids is 2. The van der Waals surface area contributed by atoms with E-state index in [2.05, 4.69) is 31.2 Å². The summed E-state index contributed by atoms with van der Waals surface area (Å²) >= 11 is 1.53. The lowest BCUT2D eigenvalue weighted by molar-refractivity contribution is -0.117. The minimum Gasteiger partial charge on any atom is -0.462 e. The molecule has 1 aliphatic rings. The molecule has 32 heavy (non-hydrogen) atoms. The number of benzene rings is 1. The van der Waals surface area contributed by atoms with Crippen molar-refractivity contribution in [3.8, 4) is 0 Å². The summed E-state index contributed by atoms with van der Waals surface area (Å²) in [6.07, 6.45) is 11.5. The van der Waals surface area contributed by atoms with Gasteiger partial charge in [0.25, 0.3) is 0 Å². The monoisotopic (exact) mass is 455 g/mol. The number of carbonyl (C=O) groups is 2. The maximum absolute atomic E-state index is 12.6. The van der Waals surface area contributed by atoms with E-state index < -0.39 is 0 Å². The molecule has 1 aromatic heterocycles. The van der Waals surface area contributed by atoms with Gasteiger partial charge in [-0.05, 0) is 74.8 Å². The average molecular weight is 456 g/mol. The minimum atomic E-state index is -0.218. The normalized spacial score (nSPS) is 16.0. The molecule has 1 fully saturated rings. The lowest BCUT2D eigenvalue weighted by atomic mass is 10.0. The lowest BCUT2D eigenvalue weighted by Crippen LogP contribution is -2.32. The molecule has 2 heterocycles. The van der Waals surface area contributed by atoms with Gasteiger partial charge in [0.05, 0.1) is 6.61 Å². The van der Waals surface area contributed by atoms with E-state index in [1.54, 1.807) is 0 Å². The highest BCUT2D eigenvalue weighted by atomic mass is 32.1. The quantitative estimate of drug-likeness (QED) is 0.242. The number of anilines is 1. The number of rotatable bonds is 13. The Morgan fingerprint density at radius 3 is 2.56 bits per heavy atom. The molecule has 1 atom stereocenters. The van der Waals surface area contributed by atoms with Gasteiger partial charge >= 0.3 is 5.97 Å². The summed E-state index contributed by atoms with van der Waals surface area (Å²) in [6, 6.07) is 12.8. The van der Waals surface area contributed by atoms with Gasteiger partial charge in [0, 0.05) is 23.0 Å². The Balaban J connectivity index is 1.50. The van der Waals surface area contributed by atoms with Crippen molar-refractivity contribution in [3.05, 3.63) is 51.7 Å². The minimum absolute atomic E-state index is 0.218. The van der Waals surface area contributed by atoms with E-state index in [-0.39, 0.29) is 17.9 Å². The molecule has 0 spiro atoms. The van der Waals surface area contributed by atoms with Gasteiger partial charge in [-0.3, -0.25) is 4.79 Å². The lowest BCUT2D eigenvalue weighted by Gasteiger charge is -2.25. The van der Waals surface area contributed by atoms with Gasteiger partial charge in [-0.25, -0.2) is 4.79 Å². The van der Waals surface area contributed by atoms with Crippen LogP contribution in [-0.4, -0.2) is 24.5 Å². The molecule has 0 radical (unpaired) electrons. The topological polar surface area (TPSA) is 46.6 Å². The zero-order chi connectivity index (χ0) is 22.8. The number of hydrogen-bond donors (Lipinski definition) is 0. The summed E-state index contributed by atoms with van der Waals surface area (Å²) in [5.74, 6) is 0.0206. The van der Waals surface area contributed by atoms with Crippen LogP contribution in [0.1, 0.15) is 91.7 Å². The second-order valence-corrected chi connectivity index (χ2v) is 9.90. The van der Waals surface area contributed by atoms with Crippen LogP contribution in [0, 0.1) is 0 Å². The molecule has 2 aromatic rings. The number of unbranched alkanes of at least 4 members (excludes halogenated alkanes) is 3. The Morgan fingerprint density at radius 1 is 1.00 bits per heavy atom. The molecule has 0 unspecified atom stereocenters. The van der Waals surface area contributed by atoms with Crippen molar-refractivity contribution in [2.45, 2.75) is 90.5 Å². The maximum Gasteiger partial charge on any atom is 0.348 e. The van der Waals surface area contributed by atoms with Crippen LogP contribution in [0.25, 0.3) is 0 Å². The second kappa shape index (κ2) is 12.8. The summed E-state index contributed by atoms with van der Waals surface area (Å²) < 4.78 is 5.22. The molecule has 0 saturated carbocycles. The second-order valence-electron chi connectivity index (χ2n) is 8.73. The van der Waals surface area contributed by atoms with Crippen molar-refractivity contribution in [1.29, 1.82) is 0 Å². The van der Waals surface area contributed by atoms with Crippen LogP contribution in [0.15, 0.2) is 36.4 Å². The molecule has 4 nitrogen and oxygen atoms in total. The van der Waals surface area contributed by atoms with Crippen LogP contribution in [0.2, 0.25) is 0 Å². The van der Waals surface area contributed by atoms with Crippen molar-refractivity contribution >= 4 is 28.9 Å². The SMILES string of the molecule is CCCCCCc1ccc(N2C(=O)CC[C@@H]2CCCc2ccc(C(=O)OCCC)s2)cc1. The number of aryl methyl sites for hydroxylation is 2. The number of esters is 1. The molecule has 0 aliphatic carbocycles. The Bertz CT molecular complexity index is 858. The summed E-state index contributed by atoms with van der Waals surface area (Å²) in [5.41, 5.74) is 2.39. The van der Waals surface area contributed by atoms with Crippen molar-refractivity contribution in [2.24, 2.45) is 0 Å². The summed E-state index contributed by atoms with van der Waals surface area (Å²) in [6.45, 7) is 4.70. The molecule has 1 saturated heterocycles. The van der Waals surface area contributed by atoms with E-state index in [0.717, 1.165) is 44.2 Å². The van der Waals surface area contributed by atoms with Gasteiger partial charge in [0.2, 0.25) is 5.91 Å². The number of hydrogen-bond acceptors (Lipinski definition) is 4. The molecule has 1 aliphatic heterocycles. The summed E-state index contributed by atoms with van der Waals surface area (Å²) in [4.78, 5) is 28.5. The molecular weight excluding hydrogens is 418 g/mol. The standard InChI is InChI=1S/C27H37NO3S/c1-3-5-6-7-9-21-12-14-23(15-13-21)28-22(16-19-26(28)29)10-8-11-24-17-18-25(32-24)27(30)31-20-4-2/h12-15,17-18,22H,3-11,16,19-20H2,1-2H3/t22-/m0/s1. The third kappa shape index (κ3) is 6.93. The first-order valence-corrected chi connectivity index (χ1v) is 13.1. The van der Waals surface area contributed by atoms with E-state index in [0.29, 0.717) is 17.9 Å². The van der Waals surface area contributed by atoms with Crippen LogP contribution in [0.3, 0.4) is 0 Å². The van der Waals surface area contributed by atoms with Crippen LogP contribution in [-0.2, 0) is 22.4 Å². The number of amides is 1. The predicted octanol–water partition coefficient (Wildman–Crippen LogP) is 6.96. The highest BCUT2D eigenvalue weighted by molar-refractivity contribution is 7.13. The van der Waals surface area contributed by atoms with Crippen LogP contribution in [0.5, 0.6) is 0 Å². The van der Waals surface area contributed by atoms with E-state index in [4.69, 9.17) is 4.74 Å². The average Bonchev–Trinajstić information content (AvgIpc) is 3.42. The van der Waals surface area contributed by atoms with Gasteiger partial charge in [-0.15, -0.1) is 11.3 Å². The Labute approximate surface area is 197 Å². The summed E-state index contributed by atoms with van der Waals surface area (Å²) in [5, 5.41) is 0. The Morgan fingerprint density at radius 2 is 1.81 bits per heavy atom. The zero-order valence-corrected chi connectivity index (χ0v) is 20.4. The summed E-state index contributed by atoms with van der Waals surface area (Å²) in [7, 11) is 0. The molecule has 174 valence electrons. The van der Waals surface area contributed by atoms with Crippen LogP contribution >= 0.6 is 11.3 Å². The fourth-order valence-electron chi connectivity index (χ4n) is 4.35. The molecule has 1 aromatic carbocycles. The Kier molecular flexibility index (Phi) is 9.79. The molecule has 0 bridgehead atoms. The number of thiophene rings is 1. The van der Waals surface area contributed by atoms with Crippen molar-refractivity contribution < 1.29 is 14.3 Å². The third-order valence-electron chi connectivity index (χ3n) is 6.12. The van der Waals surface area contributed by atoms with Crippen molar-refractivity contribution in [3.63, 3.8) is 0 Å². The van der Waals surface area contributed by atoms with Crippen molar-refractivity contribution in [2.75, 3.05) is 11.5 Å². The van der Waals surface area contributed by atoms with Crippen LogP contribution in [0.4, 0.5) is 5.69 Å². The van der Waals surface area contributed by atoms with Gasteiger partial charge in [0.15, 0.2) is 0 Å². The molecule has 5 heteroatoms. The smallest absolute Gasteiger partial charge is 0.348 e. The fourth-order valence-corrected chi connectivity index (χ4v) is 5.29. The maximum atomic E-state index is 12.6. The van der Waals surface area contributed by atoms with Gasteiger partial charge in [-0.2, -0.15) is 0 Å². The first kappa shape index (κ1) is 24.5. The highest BCUT2D eigenvalue weighted by Gasteiger charge is 2.31. The van der Waals surface area contributed by atoms with E-state index >= 15 is 0 Å². The van der Waals surface area contributed by atoms with E-state index in [9.17, 15) is 9.59 Å². The first-order chi connectivity index (χ1) is 15.6. The largest absolute Gasteiger partial charge is 0.462 e. The molecule has 3 rings (SSSR count). The Hall–Kier alpha value is -2.14.